The van der Waals surface area contributed by atoms with E-state index < -0.39 is 23.3 Å². The van der Waals surface area contributed by atoms with Crippen molar-refractivity contribution in [1.82, 2.24) is 0 Å². The van der Waals surface area contributed by atoms with E-state index in [-0.39, 0.29) is 11.3 Å². The van der Waals surface area contributed by atoms with Crippen LogP contribution in [0, 0.1) is 0 Å². The molecule has 1 saturated carbocycles. The van der Waals surface area contributed by atoms with Crippen LogP contribution in [0.25, 0.3) is 0 Å². The van der Waals surface area contributed by atoms with Gasteiger partial charge in [-0.25, -0.2) is 13.6 Å². The highest BCUT2D eigenvalue weighted by Crippen LogP contribution is 2.50. The van der Waals surface area contributed by atoms with Gasteiger partial charge in [0.2, 0.25) is 6.08 Å². The zero-order valence-electron chi connectivity index (χ0n) is 10.3. The average molecular weight is 269 g/mol. The van der Waals surface area contributed by atoms with Crippen molar-refractivity contribution >= 4 is 6.08 Å². The number of ether oxygens (including phenoxy) is 1. The van der Waals surface area contributed by atoms with Gasteiger partial charge in [0, 0.05) is 5.56 Å². The SMILES string of the molecule is COc1cc(C(F)F)c(O)c(C2(N=C=O)CCC2)c1. The van der Waals surface area contributed by atoms with Crippen LogP contribution < -0.4 is 4.74 Å². The fraction of sp³-hybridized carbons (Fsp3) is 0.462. The molecule has 0 heterocycles. The van der Waals surface area contributed by atoms with Crippen LogP contribution in [0.1, 0.15) is 36.8 Å². The smallest absolute Gasteiger partial charge is 0.267 e. The number of halogens is 2. The maximum absolute atomic E-state index is 12.9. The first-order valence-electron chi connectivity index (χ1n) is 5.82. The van der Waals surface area contributed by atoms with Crippen LogP contribution in [0.15, 0.2) is 17.1 Å². The zero-order chi connectivity index (χ0) is 14.0. The fourth-order valence-corrected chi connectivity index (χ4v) is 2.31. The summed E-state index contributed by atoms with van der Waals surface area (Å²) in [5.74, 6) is -0.315. The number of aliphatic imine (C=N–C) groups is 1. The van der Waals surface area contributed by atoms with Crippen LogP contribution >= 0.6 is 0 Å². The normalized spacial score (nSPS) is 16.6. The fourth-order valence-electron chi connectivity index (χ4n) is 2.31. The van der Waals surface area contributed by atoms with Gasteiger partial charge in [-0.1, -0.05) is 0 Å². The predicted octanol–water partition coefficient (Wildman–Crippen LogP) is 3.05. The molecular formula is C13H13F2NO3. The van der Waals surface area contributed by atoms with Gasteiger partial charge < -0.3 is 9.84 Å². The summed E-state index contributed by atoms with van der Waals surface area (Å²) in [4.78, 5) is 14.2. The van der Waals surface area contributed by atoms with Gasteiger partial charge in [-0.15, -0.1) is 0 Å². The number of phenolic OH excluding ortho intramolecular Hbond substituents is 1. The van der Waals surface area contributed by atoms with Gasteiger partial charge in [0.05, 0.1) is 12.7 Å². The highest BCUT2D eigenvalue weighted by Gasteiger charge is 2.42. The van der Waals surface area contributed by atoms with Crippen LogP contribution in [-0.2, 0) is 10.3 Å². The minimum Gasteiger partial charge on any atom is -0.507 e. The first-order chi connectivity index (χ1) is 9.04. The summed E-state index contributed by atoms with van der Waals surface area (Å²) in [6.07, 6.45) is 0.481. The van der Waals surface area contributed by atoms with Gasteiger partial charge in [-0.3, -0.25) is 0 Å². The number of aromatic hydroxyl groups is 1. The van der Waals surface area contributed by atoms with Gasteiger partial charge in [0.15, 0.2) is 0 Å². The Labute approximate surface area is 108 Å². The largest absolute Gasteiger partial charge is 0.507 e. The van der Waals surface area contributed by atoms with Gasteiger partial charge in [-0.05, 0) is 31.4 Å². The van der Waals surface area contributed by atoms with Crippen LogP contribution in [0.3, 0.4) is 0 Å². The summed E-state index contributed by atoms with van der Waals surface area (Å²) in [5, 5.41) is 9.98. The molecule has 0 unspecified atom stereocenters. The molecule has 1 aromatic rings. The molecule has 0 radical (unpaired) electrons. The molecular weight excluding hydrogens is 256 g/mol. The van der Waals surface area contributed by atoms with Crippen molar-refractivity contribution < 1.29 is 23.4 Å². The third-order valence-corrected chi connectivity index (χ3v) is 3.53. The molecule has 1 fully saturated rings. The van der Waals surface area contributed by atoms with Crippen LogP contribution in [0.5, 0.6) is 11.5 Å². The van der Waals surface area contributed by atoms with E-state index in [1.54, 1.807) is 0 Å². The molecule has 0 aliphatic heterocycles. The molecule has 19 heavy (non-hydrogen) atoms. The number of phenols is 1. The maximum atomic E-state index is 12.9. The summed E-state index contributed by atoms with van der Waals surface area (Å²) in [6, 6.07) is 2.53. The van der Waals surface area contributed by atoms with Gasteiger partial charge >= 0.3 is 0 Å². The summed E-state index contributed by atoms with van der Waals surface area (Å²) < 4.78 is 30.8. The maximum Gasteiger partial charge on any atom is 0.267 e. The van der Waals surface area contributed by atoms with E-state index in [9.17, 15) is 18.7 Å². The molecule has 1 N–H and O–H groups in total. The second kappa shape index (κ2) is 4.97. The van der Waals surface area contributed by atoms with Gasteiger partial charge in [0.1, 0.15) is 17.0 Å². The van der Waals surface area contributed by atoms with Crippen molar-refractivity contribution in [2.24, 2.45) is 4.99 Å². The molecule has 0 spiro atoms. The molecule has 0 saturated heterocycles. The first kappa shape index (κ1) is 13.5. The summed E-state index contributed by atoms with van der Waals surface area (Å²) in [6.45, 7) is 0. The summed E-state index contributed by atoms with van der Waals surface area (Å²) in [7, 11) is 1.35. The van der Waals surface area contributed by atoms with E-state index in [0.717, 1.165) is 12.5 Å². The van der Waals surface area contributed by atoms with E-state index in [1.807, 2.05) is 0 Å². The molecule has 102 valence electrons. The molecule has 2 rings (SSSR count). The second-order valence-corrected chi connectivity index (χ2v) is 4.50. The number of hydrogen-bond acceptors (Lipinski definition) is 4. The molecule has 1 aliphatic rings. The minimum atomic E-state index is -2.83. The lowest BCUT2D eigenvalue weighted by Crippen LogP contribution is -2.32. The molecule has 1 aliphatic carbocycles. The Balaban J connectivity index is 2.61. The van der Waals surface area contributed by atoms with Gasteiger partial charge in [0.25, 0.3) is 6.43 Å². The Hall–Kier alpha value is -1.94. The van der Waals surface area contributed by atoms with Crippen molar-refractivity contribution in [3.05, 3.63) is 23.3 Å². The number of rotatable bonds is 4. The topological polar surface area (TPSA) is 58.9 Å². The number of hydrogen-bond donors (Lipinski definition) is 1. The highest BCUT2D eigenvalue weighted by atomic mass is 19.3. The van der Waals surface area contributed by atoms with Crippen LogP contribution in [0.2, 0.25) is 0 Å². The highest BCUT2D eigenvalue weighted by molar-refractivity contribution is 5.52. The molecule has 0 amide bonds. The van der Waals surface area contributed by atoms with Crippen molar-refractivity contribution in [3.63, 3.8) is 0 Å². The van der Waals surface area contributed by atoms with E-state index in [1.165, 1.54) is 19.3 Å². The molecule has 6 heteroatoms. The molecule has 0 atom stereocenters. The molecule has 4 nitrogen and oxygen atoms in total. The predicted molar refractivity (Wildman–Crippen MR) is 63.3 cm³/mol. The Kier molecular flexibility index (Phi) is 3.53. The van der Waals surface area contributed by atoms with E-state index in [4.69, 9.17) is 4.74 Å². The van der Waals surface area contributed by atoms with Crippen molar-refractivity contribution in [3.8, 4) is 11.5 Å². The Morgan fingerprint density at radius 1 is 1.47 bits per heavy atom. The zero-order valence-corrected chi connectivity index (χ0v) is 10.3. The van der Waals surface area contributed by atoms with Crippen molar-refractivity contribution in [2.75, 3.05) is 7.11 Å². The van der Waals surface area contributed by atoms with Crippen molar-refractivity contribution in [2.45, 2.75) is 31.2 Å². The van der Waals surface area contributed by atoms with Crippen molar-refractivity contribution in [1.29, 1.82) is 0 Å². The lowest BCUT2D eigenvalue weighted by atomic mass is 9.71. The first-order valence-corrected chi connectivity index (χ1v) is 5.82. The number of methoxy groups -OCH3 is 1. The molecule has 0 bridgehead atoms. The monoisotopic (exact) mass is 269 g/mol. The standard InChI is InChI=1S/C13H13F2NO3/c1-19-8-5-9(12(14)15)11(18)10(6-8)13(16-7-17)3-2-4-13/h5-6,12,18H,2-4H2,1H3. The Bertz CT molecular complexity index is 535. The summed E-state index contributed by atoms with van der Waals surface area (Å²) in [5.41, 5.74) is -1.25. The van der Waals surface area contributed by atoms with Crippen LogP contribution in [0.4, 0.5) is 8.78 Å². The second-order valence-electron chi connectivity index (χ2n) is 4.50. The number of isocyanates is 1. The number of alkyl halides is 2. The number of carbonyl (C=O) groups excluding carboxylic acids is 1. The van der Waals surface area contributed by atoms with Gasteiger partial charge in [-0.2, -0.15) is 4.99 Å². The summed E-state index contributed by atoms with van der Waals surface area (Å²) >= 11 is 0. The van der Waals surface area contributed by atoms with E-state index >= 15 is 0 Å². The Morgan fingerprint density at radius 2 is 2.16 bits per heavy atom. The van der Waals surface area contributed by atoms with E-state index in [2.05, 4.69) is 4.99 Å². The third kappa shape index (κ3) is 2.19. The quantitative estimate of drug-likeness (QED) is 0.675. The lowest BCUT2D eigenvalue weighted by Gasteiger charge is -2.37. The number of benzene rings is 1. The van der Waals surface area contributed by atoms with E-state index in [0.29, 0.717) is 12.8 Å². The number of nitrogens with zero attached hydrogens (tertiary/aromatic N) is 1. The van der Waals surface area contributed by atoms with Crippen LogP contribution in [-0.4, -0.2) is 18.3 Å². The molecule has 1 aromatic carbocycles. The average Bonchev–Trinajstić information content (AvgIpc) is 2.34. The Morgan fingerprint density at radius 3 is 2.58 bits per heavy atom. The third-order valence-electron chi connectivity index (χ3n) is 3.53. The lowest BCUT2D eigenvalue weighted by molar-refractivity contribution is 0.145. The minimum absolute atomic E-state index is 0.204. The molecule has 0 aromatic heterocycles.